The molecule has 3 aliphatic rings. The second-order valence-electron chi connectivity index (χ2n) is 10.7. The van der Waals surface area contributed by atoms with Gasteiger partial charge in [0, 0.05) is 46.1 Å². The van der Waals surface area contributed by atoms with E-state index < -0.39 is 33.3 Å². The minimum absolute atomic E-state index is 0.00131. The summed E-state index contributed by atoms with van der Waals surface area (Å²) < 4.78 is 65.4. The Hall–Kier alpha value is -2.86. The maximum absolute atomic E-state index is 14.5. The lowest BCUT2D eigenvalue weighted by molar-refractivity contribution is -0.200. The minimum atomic E-state index is -4.67. The number of fused-ring (bicyclic) bond motifs is 3. The molecule has 0 unspecified atom stereocenters. The zero-order chi connectivity index (χ0) is 27.6. The average molecular weight is 581 g/mol. The first kappa shape index (κ1) is 26.4. The van der Waals surface area contributed by atoms with Crippen molar-refractivity contribution in [2.45, 2.75) is 50.7 Å². The Morgan fingerprint density at radius 1 is 1.08 bits per heavy atom. The highest BCUT2D eigenvalue weighted by Gasteiger charge is 2.53. The zero-order valence-corrected chi connectivity index (χ0v) is 22.7. The van der Waals surface area contributed by atoms with Crippen molar-refractivity contribution >= 4 is 44.3 Å². The Bertz CT molecular complexity index is 1530. The molecule has 1 atom stereocenters. The summed E-state index contributed by atoms with van der Waals surface area (Å²) in [6, 6.07) is 5.82. The first-order valence-electron chi connectivity index (χ1n) is 13.0. The van der Waals surface area contributed by atoms with E-state index in [1.807, 2.05) is 4.90 Å². The van der Waals surface area contributed by atoms with Crippen LogP contribution in [-0.4, -0.2) is 60.4 Å². The van der Waals surface area contributed by atoms with Crippen molar-refractivity contribution in [1.29, 1.82) is 4.78 Å². The maximum Gasteiger partial charge on any atom is 0.413 e. The number of hydrogen-bond acceptors (Lipinski definition) is 6. The number of aryl methyl sites for hydroxylation is 1. The number of benzene rings is 1. The lowest BCUT2D eigenvalue weighted by Gasteiger charge is -2.47. The quantitative estimate of drug-likeness (QED) is 0.440. The molecule has 2 fully saturated rings. The van der Waals surface area contributed by atoms with Crippen molar-refractivity contribution in [3.8, 4) is 0 Å². The van der Waals surface area contributed by atoms with Crippen LogP contribution in [0.1, 0.15) is 49.4 Å². The molecule has 3 aliphatic heterocycles. The molecule has 1 aromatic carbocycles. The molecule has 0 aliphatic carbocycles. The number of hydrogen-bond donors (Lipinski definition) is 1. The molecule has 1 N–H and O–H groups in total. The summed E-state index contributed by atoms with van der Waals surface area (Å²) in [5.74, 6) is -0.421. The third-order valence-electron chi connectivity index (χ3n) is 8.35. The molecule has 3 aromatic rings. The highest BCUT2D eigenvalue weighted by molar-refractivity contribution is 7.92. The number of anilines is 2. The number of carbonyl (C=O) groups is 1. The molecule has 208 valence electrons. The number of carbonyl (C=O) groups excluding carboxylic acids is 1. The number of halogens is 4. The highest BCUT2D eigenvalue weighted by Crippen LogP contribution is 2.47. The molecule has 0 radical (unpaired) electrons. The number of alkyl halides is 3. The lowest BCUT2D eigenvalue weighted by atomic mass is 9.73. The topological polar surface area (TPSA) is 94.7 Å². The fraction of sp³-hybridized carbons (Fsp3) is 0.500. The van der Waals surface area contributed by atoms with Crippen LogP contribution < -0.4 is 4.90 Å². The largest absolute Gasteiger partial charge is 0.413 e. The Morgan fingerprint density at radius 2 is 1.79 bits per heavy atom. The van der Waals surface area contributed by atoms with Crippen LogP contribution >= 0.6 is 11.6 Å². The van der Waals surface area contributed by atoms with Crippen LogP contribution in [0, 0.1) is 10.2 Å². The van der Waals surface area contributed by atoms with E-state index in [1.165, 1.54) is 12.1 Å². The van der Waals surface area contributed by atoms with E-state index in [4.69, 9.17) is 16.4 Å². The standard InChI is InChI=1S/C26H28ClF3N6O2S/c27-21-15-22-32-16-20-19(36(22)33-21)3-1-11-34(20)18-6-4-17(5-7-18)23(26(28,29)30)35-12-2-8-25(24(35)37)9-13-39(31,38)14-10-25/h4-7,15-16,23,31H,1-3,8-14H2/t23-,25?,39?/m0/s1. The Labute approximate surface area is 229 Å². The van der Waals surface area contributed by atoms with Crippen LogP contribution in [0.25, 0.3) is 5.65 Å². The van der Waals surface area contributed by atoms with Gasteiger partial charge in [-0.1, -0.05) is 23.7 Å². The molecule has 6 rings (SSSR count). The summed E-state index contributed by atoms with van der Waals surface area (Å²) in [4.78, 5) is 21.0. The summed E-state index contributed by atoms with van der Waals surface area (Å²) in [6.07, 6.45) is -0.0236. The van der Waals surface area contributed by atoms with Gasteiger partial charge in [-0.15, -0.1) is 0 Å². The predicted molar refractivity (Wildman–Crippen MR) is 142 cm³/mol. The van der Waals surface area contributed by atoms with Crippen LogP contribution in [0.3, 0.4) is 0 Å². The van der Waals surface area contributed by atoms with Gasteiger partial charge in [-0.25, -0.2) is 13.7 Å². The fourth-order valence-electron chi connectivity index (χ4n) is 6.34. The summed E-state index contributed by atoms with van der Waals surface area (Å²) in [6.45, 7) is 0.680. The normalized spacial score (nSPS) is 26.7. The van der Waals surface area contributed by atoms with Crippen molar-refractivity contribution in [3.05, 3.63) is 52.9 Å². The van der Waals surface area contributed by atoms with E-state index in [0.717, 1.165) is 34.8 Å². The maximum atomic E-state index is 14.5. The molecule has 0 bridgehead atoms. The Morgan fingerprint density at radius 3 is 2.49 bits per heavy atom. The van der Waals surface area contributed by atoms with Gasteiger partial charge in [-0.2, -0.15) is 18.3 Å². The summed E-state index contributed by atoms with van der Waals surface area (Å²) in [7, 11) is -2.76. The molecule has 2 saturated heterocycles. The SMILES string of the molecule is N=S1(=O)CCC2(CCCN([C@@H](c3ccc(N4CCCc5c4cnc4cc(Cl)nn54)cc3)C(F)(F)F)C2=O)CC1. The highest BCUT2D eigenvalue weighted by atomic mass is 35.5. The van der Waals surface area contributed by atoms with Crippen molar-refractivity contribution in [3.63, 3.8) is 0 Å². The second kappa shape index (κ2) is 9.36. The molecular formula is C26H28ClF3N6O2S. The first-order chi connectivity index (χ1) is 18.5. The van der Waals surface area contributed by atoms with Crippen LogP contribution in [0.4, 0.5) is 24.5 Å². The van der Waals surface area contributed by atoms with Gasteiger partial charge in [0.1, 0.15) is 0 Å². The molecule has 1 amide bonds. The molecule has 5 heterocycles. The first-order valence-corrected chi connectivity index (χ1v) is 15.3. The molecule has 39 heavy (non-hydrogen) atoms. The number of nitrogens with one attached hydrogen (secondary N) is 1. The van der Waals surface area contributed by atoms with Crippen LogP contribution in [0.2, 0.25) is 5.15 Å². The van der Waals surface area contributed by atoms with E-state index in [1.54, 1.807) is 28.9 Å². The van der Waals surface area contributed by atoms with Crippen LogP contribution in [-0.2, 0) is 20.9 Å². The molecule has 8 nitrogen and oxygen atoms in total. The monoisotopic (exact) mass is 580 g/mol. The Balaban J connectivity index is 1.31. The van der Waals surface area contributed by atoms with E-state index >= 15 is 0 Å². The Kier molecular flexibility index (Phi) is 6.33. The number of likely N-dealkylation sites (tertiary alicyclic amines) is 1. The average Bonchev–Trinajstić information content (AvgIpc) is 3.28. The summed E-state index contributed by atoms with van der Waals surface area (Å²) >= 11 is 6.07. The number of amides is 1. The van der Waals surface area contributed by atoms with Gasteiger partial charge in [0.15, 0.2) is 16.8 Å². The van der Waals surface area contributed by atoms with E-state index in [-0.39, 0.29) is 36.5 Å². The number of piperidine rings is 1. The van der Waals surface area contributed by atoms with Crippen LogP contribution in [0.15, 0.2) is 36.5 Å². The van der Waals surface area contributed by atoms with Gasteiger partial charge in [0.2, 0.25) is 5.91 Å². The van der Waals surface area contributed by atoms with Gasteiger partial charge < -0.3 is 9.80 Å². The van der Waals surface area contributed by atoms with Crippen LogP contribution in [0.5, 0.6) is 0 Å². The van der Waals surface area contributed by atoms with E-state index in [0.29, 0.717) is 30.2 Å². The van der Waals surface area contributed by atoms with Gasteiger partial charge in [0.25, 0.3) is 0 Å². The fourth-order valence-corrected chi connectivity index (χ4v) is 8.16. The smallest absolute Gasteiger partial charge is 0.339 e. The minimum Gasteiger partial charge on any atom is -0.339 e. The van der Waals surface area contributed by atoms with E-state index in [9.17, 15) is 22.2 Å². The summed E-state index contributed by atoms with van der Waals surface area (Å²) in [5, 5.41) is 4.66. The summed E-state index contributed by atoms with van der Waals surface area (Å²) in [5.41, 5.74) is 2.15. The van der Waals surface area contributed by atoms with Gasteiger partial charge in [-0.3, -0.25) is 9.57 Å². The number of nitrogens with zero attached hydrogens (tertiary/aromatic N) is 5. The van der Waals surface area contributed by atoms with Crippen molar-refractivity contribution in [1.82, 2.24) is 19.5 Å². The third-order valence-corrected chi connectivity index (χ3v) is 10.3. The molecular weight excluding hydrogens is 553 g/mol. The second-order valence-corrected chi connectivity index (χ2v) is 13.5. The number of aromatic nitrogens is 3. The zero-order valence-electron chi connectivity index (χ0n) is 21.1. The van der Waals surface area contributed by atoms with Crippen molar-refractivity contribution in [2.75, 3.05) is 29.5 Å². The predicted octanol–water partition coefficient (Wildman–Crippen LogP) is 5.52. The molecule has 0 saturated carbocycles. The van der Waals surface area contributed by atoms with Gasteiger partial charge in [0.05, 0.1) is 23.0 Å². The lowest BCUT2D eigenvalue weighted by Crippen LogP contribution is -2.55. The molecule has 1 spiro atoms. The number of rotatable bonds is 3. The van der Waals surface area contributed by atoms with Gasteiger partial charge >= 0.3 is 6.18 Å². The molecule has 2 aromatic heterocycles. The molecule has 13 heteroatoms. The van der Waals surface area contributed by atoms with E-state index in [2.05, 4.69) is 10.1 Å². The van der Waals surface area contributed by atoms with Crippen molar-refractivity contribution in [2.24, 2.45) is 5.41 Å². The third kappa shape index (κ3) is 4.65. The van der Waals surface area contributed by atoms with Crippen molar-refractivity contribution < 1.29 is 22.2 Å². The van der Waals surface area contributed by atoms with Gasteiger partial charge in [-0.05, 0) is 56.2 Å².